The number of hydrogen-bond acceptors (Lipinski definition) is 2. The van der Waals surface area contributed by atoms with E-state index in [1.54, 1.807) is 16.0 Å². The highest BCUT2D eigenvalue weighted by Gasteiger charge is 2.07. The van der Waals surface area contributed by atoms with Crippen LogP contribution < -0.4 is 10.5 Å². The second-order valence-corrected chi connectivity index (χ2v) is 3.43. The highest BCUT2D eigenvalue weighted by atomic mass is 32.1. The molecule has 0 radical (unpaired) electrons. The normalized spacial score (nSPS) is 10.6. The van der Waals surface area contributed by atoms with Crippen molar-refractivity contribution in [2.24, 2.45) is 0 Å². The summed E-state index contributed by atoms with van der Waals surface area (Å²) in [5.41, 5.74) is 1.12. The average Bonchev–Trinajstić information content (AvgIpc) is 2.45. The lowest BCUT2D eigenvalue weighted by atomic mass is 10.3. The summed E-state index contributed by atoms with van der Waals surface area (Å²) >= 11 is 1.73. The summed E-state index contributed by atoms with van der Waals surface area (Å²) in [6.07, 6.45) is 1.88. The number of nitrogen functional groups attached to an aromatic ring is 1. The lowest BCUT2D eigenvalue weighted by Crippen LogP contribution is -2.46. The summed E-state index contributed by atoms with van der Waals surface area (Å²) < 4.78 is 2.92. The second kappa shape index (κ2) is 2.20. The fraction of sp³-hybridized carbons (Fsp3) is 0.125. The maximum Gasteiger partial charge on any atom is 0.226 e. The molecule has 0 aliphatic carbocycles. The zero-order valence-electron chi connectivity index (χ0n) is 6.24. The Hall–Kier alpha value is -1.09. The number of aromatic nitrogens is 1. The van der Waals surface area contributed by atoms with Crippen LogP contribution in [0.25, 0.3) is 10.1 Å². The van der Waals surface area contributed by atoms with Crippen molar-refractivity contribution in [1.29, 1.82) is 0 Å². The van der Waals surface area contributed by atoms with Crippen LogP contribution in [-0.2, 0) is 0 Å². The van der Waals surface area contributed by atoms with E-state index >= 15 is 0 Å². The van der Waals surface area contributed by atoms with Gasteiger partial charge >= 0.3 is 0 Å². The van der Waals surface area contributed by atoms with Gasteiger partial charge in [-0.3, -0.25) is 0 Å². The summed E-state index contributed by atoms with van der Waals surface area (Å²) in [6.45, 7) is 2.03. The van der Waals surface area contributed by atoms with Crippen LogP contribution in [0.4, 0.5) is 0 Å². The van der Waals surface area contributed by atoms with Crippen LogP contribution in [0, 0.1) is 6.92 Å². The zero-order valence-corrected chi connectivity index (χ0v) is 7.06. The first-order chi connectivity index (χ1) is 5.29. The Morgan fingerprint density at radius 3 is 3.09 bits per heavy atom. The summed E-state index contributed by atoms with van der Waals surface area (Å²) in [5.74, 6) is 5.67. The van der Waals surface area contributed by atoms with E-state index in [-0.39, 0.29) is 0 Å². The van der Waals surface area contributed by atoms with Crippen molar-refractivity contribution in [1.82, 2.24) is 0 Å². The van der Waals surface area contributed by atoms with Crippen molar-refractivity contribution >= 4 is 21.4 Å². The fourth-order valence-corrected chi connectivity index (χ4v) is 2.03. The van der Waals surface area contributed by atoms with E-state index in [1.165, 1.54) is 10.1 Å². The predicted octanol–water partition coefficient (Wildman–Crippen LogP) is 1.21. The average molecular weight is 165 g/mol. The Bertz CT molecular complexity index is 392. The van der Waals surface area contributed by atoms with Crippen molar-refractivity contribution in [2.45, 2.75) is 6.92 Å². The van der Waals surface area contributed by atoms with Crippen LogP contribution in [0.15, 0.2) is 23.7 Å². The minimum Gasteiger partial charge on any atom is -0.205 e. The molecule has 0 saturated carbocycles. The zero-order chi connectivity index (χ0) is 7.84. The quantitative estimate of drug-likeness (QED) is 0.461. The molecule has 0 aliphatic rings. The maximum absolute atomic E-state index is 5.67. The number of thiophene rings is 1. The Morgan fingerprint density at radius 2 is 2.27 bits per heavy atom. The van der Waals surface area contributed by atoms with E-state index in [0.717, 1.165) is 5.69 Å². The van der Waals surface area contributed by atoms with Gasteiger partial charge in [0, 0.05) is 18.4 Å². The number of rotatable bonds is 0. The molecule has 0 atom stereocenters. The van der Waals surface area contributed by atoms with Crippen molar-refractivity contribution in [2.75, 3.05) is 5.84 Å². The molecular weight excluding hydrogens is 156 g/mol. The Morgan fingerprint density at radius 1 is 1.45 bits per heavy atom. The van der Waals surface area contributed by atoms with Gasteiger partial charge in [0.2, 0.25) is 5.69 Å². The van der Waals surface area contributed by atoms with E-state index < -0.39 is 0 Å². The third-order valence-corrected chi connectivity index (χ3v) is 2.87. The molecule has 2 rings (SSSR count). The third-order valence-electron chi connectivity index (χ3n) is 1.83. The molecule has 2 aromatic rings. The molecule has 0 amide bonds. The molecule has 0 fully saturated rings. The van der Waals surface area contributed by atoms with Crippen molar-refractivity contribution in [3.63, 3.8) is 0 Å². The smallest absolute Gasteiger partial charge is 0.205 e. The standard InChI is InChI=1S/C8H9N2S/c1-6-8-7(3-5-11-8)2-4-10(6)9/h2-5H,9H2,1H3/q+1. The monoisotopic (exact) mass is 165 g/mol. The molecular formula is C8H9N2S+. The third kappa shape index (κ3) is 0.886. The molecule has 2 aromatic heterocycles. The van der Waals surface area contributed by atoms with Crippen molar-refractivity contribution in [3.05, 3.63) is 29.4 Å². The summed E-state index contributed by atoms with van der Waals surface area (Å²) in [5, 5.41) is 3.35. The number of pyridine rings is 1. The van der Waals surface area contributed by atoms with Gasteiger partial charge in [-0.25, -0.2) is 5.84 Å². The van der Waals surface area contributed by atoms with E-state index in [1.807, 2.05) is 19.2 Å². The van der Waals surface area contributed by atoms with Gasteiger partial charge in [-0.2, -0.15) is 0 Å². The van der Waals surface area contributed by atoms with Crippen molar-refractivity contribution in [3.8, 4) is 0 Å². The van der Waals surface area contributed by atoms with E-state index in [9.17, 15) is 0 Å². The first-order valence-corrected chi connectivity index (χ1v) is 4.30. The molecule has 0 aromatic carbocycles. The van der Waals surface area contributed by atoms with E-state index in [0.29, 0.717) is 0 Å². The number of fused-ring (bicyclic) bond motifs is 1. The highest BCUT2D eigenvalue weighted by molar-refractivity contribution is 7.17. The van der Waals surface area contributed by atoms with Gasteiger partial charge in [0.05, 0.1) is 0 Å². The van der Waals surface area contributed by atoms with Gasteiger partial charge in [0.15, 0.2) is 6.20 Å². The topological polar surface area (TPSA) is 29.9 Å². The summed E-state index contributed by atoms with van der Waals surface area (Å²) in [4.78, 5) is 0. The number of nitrogens with two attached hydrogens (primary N) is 1. The molecule has 11 heavy (non-hydrogen) atoms. The number of hydrogen-bond donors (Lipinski definition) is 1. The molecule has 0 bridgehead atoms. The van der Waals surface area contributed by atoms with Crippen LogP contribution in [0.1, 0.15) is 5.69 Å². The van der Waals surface area contributed by atoms with Gasteiger partial charge in [-0.05, 0) is 11.4 Å². The minimum absolute atomic E-state index is 1.12. The van der Waals surface area contributed by atoms with Crippen LogP contribution in [0.3, 0.4) is 0 Å². The molecule has 2 N–H and O–H groups in total. The van der Waals surface area contributed by atoms with Crippen LogP contribution in [0.5, 0.6) is 0 Å². The lowest BCUT2D eigenvalue weighted by Gasteiger charge is -1.91. The minimum atomic E-state index is 1.12. The van der Waals surface area contributed by atoms with Gasteiger partial charge in [-0.1, -0.05) is 4.68 Å². The Kier molecular flexibility index (Phi) is 1.32. The van der Waals surface area contributed by atoms with Gasteiger partial charge in [0.25, 0.3) is 0 Å². The molecule has 56 valence electrons. The predicted molar refractivity (Wildman–Crippen MR) is 46.9 cm³/mol. The fourth-order valence-electron chi connectivity index (χ4n) is 1.13. The molecule has 0 saturated heterocycles. The molecule has 0 unspecified atom stereocenters. The maximum atomic E-state index is 5.67. The van der Waals surface area contributed by atoms with Gasteiger partial charge in [-0.15, -0.1) is 11.3 Å². The van der Waals surface area contributed by atoms with Crippen LogP contribution in [-0.4, -0.2) is 0 Å². The van der Waals surface area contributed by atoms with E-state index in [4.69, 9.17) is 5.84 Å². The molecule has 3 heteroatoms. The first-order valence-electron chi connectivity index (χ1n) is 3.42. The van der Waals surface area contributed by atoms with Crippen LogP contribution >= 0.6 is 11.3 Å². The summed E-state index contributed by atoms with van der Waals surface area (Å²) in [6, 6.07) is 4.13. The second-order valence-electron chi connectivity index (χ2n) is 2.51. The molecule has 2 nitrogen and oxygen atoms in total. The van der Waals surface area contributed by atoms with Gasteiger partial charge < -0.3 is 0 Å². The summed E-state index contributed by atoms with van der Waals surface area (Å²) in [7, 11) is 0. The molecule has 0 aliphatic heterocycles. The van der Waals surface area contributed by atoms with E-state index in [2.05, 4.69) is 11.4 Å². The van der Waals surface area contributed by atoms with Crippen LogP contribution in [0.2, 0.25) is 0 Å². The lowest BCUT2D eigenvalue weighted by molar-refractivity contribution is -0.643. The first kappa shape index (κ1) is 6.61. The largest absolute Gasteiger partial charge is 0.226 e. The Balaban J connectivity index is 2.93. The van der Waals surface area contributed by atoms with Crippen molar-refractivity contribution < 1.29 is 4.68 Å². The number of nitrogens with zero attached hydrogens (tertiary/aromatic N) is 1. The van der Waals surface area contributed by atoms with Gasteiger partial charge in [0.1, 0.15) is 4.70 Å². The highest BCUT2D eigenvalue weighted by Crippen LogP contribution is 2.20. The SMILES string of the molecule is Cc1c2sccc2cc[n+]1N. The molecule has 0 spiro atoms. The Labute approximate surface area is 68.9 Å². The molecule has 2 heterocycles. The number of aryl methyl sites for hydroxylation is 1.